The summed E-state index contributed by atoms with van der Waals surface area (Å²) in [6.45, 7) is 0.0660. The molecule has 6 nitrogen and oxygen atoms in total. The third kappa shape index (κ3) is 3.45. The lowest BCUT2D eigenvalue weighted by Gasteiger charge is -2.08. The Bertz CT molecular complexity index is 945. The van der Waals surface area contributed by atoms with Crippen LogP contribution in [0.2, 0.25) is 0 Å². The average molecular weight is 330 g/mol. The molecule has 0 spiro atoms. The van der Waals surface area contributed by atoms with Crippen molar-refractivity contribution in [1.29, 1.82) is 0 Å². The molecule has 0 atom stereocenters. The molecule has 3 aromatic rings. The smallest absolute Gasteiger partial charge is 0.419 e. The van der Waals surface area contributed by atoms with E-state index in [9.17, 15) is 14.0 Å². The van der Waals surface area contributed by atoms with Gasteiger partial charge in [-0.1, -0.05) is 12.1 Å². The third-order valence-corrected chi connectivity index (χ3v) is 3.51. The van der Waals surface area contributed by atoms with E-state index in [4.69, 9.17) is 9.15 Å². The minimum Gasteiger partial charge on any atom is -0.484 e. The highest BCUT2D eigenvalue weighted by Gasteiger charge is 2.08. The summed E-state index contributed by atoms with van der Waals surface area (Å²) < 4.78 is 24.7. The molecule has 0 fully saturated rings. The Morgan fingerprint density at radius 2 is 2.12 bits per heavy atom. The van der Waals surface area contributed by atoms with Crippen molar-refractivity contribution < 1.29 is 18.3 Å². The maximum atomic E-state index is 13.0. The van der Waals surface area contributed by atoms with Crippen molar-refractivity contribution >= 4 is 17.0 Å². The van der Waals surface area contributed by atoms with E-state index >= 15 is 0 Å². The zero-order valence-electron chi connectivity index (χ0n) is 12.9. The molecule has 24 heavy (non-hydrogen) atoms. The SMILES string of the molecule is Cn1c(=O)oc2ccc(CNC(=O)COc3cccc(F)c3)cc21. The second-order valence-corrected chi connectivity index (χ2v) is 5.25. The molecule has 0 saturated carbocycles. The van der Waals surface area contributed by atoms with Gasteiger partial charge in [0.2, 0.25) is 0 Å². The monoisotopic (exact) mass is 330 g/mol. The standard InChI is InChI=1S/C17H15FN2O4/c1-20-14-7-11(5-6-15(14)24-17(20)22)9-19-16(21)10-23-13-4-2-3-12(18)8-13/h2-8H,9-10H2,1H3,(H,19,21). The van der Waals surface area contributed by atoms with Crippen LogP contribution in [0, 0.1) is 5.82 Å². The van der Waals surface area contributed by atoms with Crippen LogP contribution in [-0.2, 0) is 18.4 Å². The van der Waals surface area contributed by atoms with Crippen LogP contribution >= 0.6 is 0 Å². The van der Waals surface area contributed by atoms with Crippen molar-refractivity contribution in [3.05, 3.63) is 64.4 Å². The van der Waals surface area contributed by atoms with Gasteiger partial charge in [-0.2, -0.15) is 0 Å². The summed E-state index contributed by atoms with van der Waals surface area (Å²) in [5.41, 5.74) is 1.97. The number of nitrogens with zero attached hydrogens (tertiary/aromatic N) is 1. The van der Waals surface area contributed by atoms with Gasteiger partial charge < -0.3 is 14.5 Å². The van der Waals surface area contributed by atoms with Gasteiger partial charge in [0.1, 0.15) is 11.6 Å². The maximum Gasteiger partial charge on any atom is 0.419 e. The van der Waals surface area contributed by atoms with E-state index in [2.05, 4.69) is 5.32 Å². The number of fused-ring (bicyclic) bond motifs is 1. The van der Waals surface area contributed by atoms with E-state index in [-0.39, 0.29) is 19.1 Å². The number of ether oxygens (including phenoxy) is 1. The predicted molar refractivity (Wildman–Crippen MR) is 85.2 cm³/mol. The number of rotatable bonds is 5. The second-order valence-electron chi connectivity index (χ2n) is 5.25. The number of hydrogen-bond donors (Lipinski definition) is 1. The Hall–Kier alpha value is -3.09. The van der Waals surface area contributed by atoms with Crippen molar-refractivity contribution in [1.82, 2.24) is 9.88 Å². The van der Waals surface area contributed by atoms with Crippen LogP contribution < -0.4 is 15.8 Å². The Morgan fingerprint density at radius 1 is 1.29 bits per heavy atom. The van der Waals surface area contributed by atoms with Crippen LogP contribution in [0.15, 0.2) is 51.7 Å². The molecule has 1 N–H and O–H groups in total. The number of oxazole rings is 1. The largest absolute Gasteiger partial charge is 0.484 e. The van der Waals surface area contributed by atoms with Gasteiger partial charge in [-0.15, -0.1) is 0 Å². The molecule has 0 saturated heterocycles. The summed E-state index contributed by atoms with van der Waals surface area (Å²) in [4.78, 5) is 23.2. The van der Waals surface area contributed by atoms with E-state index in [1.54, 1.807) is 31.3 Å². The van der Waals surface area contributed by atoms with Gasteiger partial charge in [0.05, 0.1) is 5.52 Å². The lowest BCUT2D eigenvalue weighted by molar-refractivity contribution is -0.123. The third-order valence-electron chi connectivity index (χ3n) is 3.51. The lowest BCUT2D eigenvalue weighted by atomic mass is 10.2. The first-order valence-corrected chi connectivity index (χ1v) is 7.26. The quantitative estimate of drug-likeness (QED) is 0.776. The summed E-state index contributed by atoms with van der Waals surface area (Å²) >= 11 is 0. The molecule has 1 amide bonds. The van der Waals surface area contributed by atoms with E-state index in [0.29, 0.717) is 16.8 Å². The van der Waals surface area contributed by atoms with Gasteiger partial charge in [-0.25, -0.2) is 9.18 Å². The highest BCUT2D eigenvalue weighted by atomic mass is 19.1. The molecule has 124 valence electrons. The van der Waals surface area contributed by atoms with Crippen molar-refractivity contribution in [2.75, 3.05) is 6.61 Å². The van der Waals surface area contributed by atoms with Crippen LogP contribution in [0.25, 0.3) is 11.1 Å². The van der Waals surface area contributed by atoms with Crippen LogP contribution in [0.3, 0.4) is 0 Å². The van der Waals surface area contributed by atoms with Crippen molar-refractivity contribution in [2.45, 2.75) is 6.54 Å². The zero-order chi connectivity index (χ0) is 17.1. The molecule has 0 unspecified atom stereocenters. The minimum absolute atomic E-state index is 0.212. The van der Waals surface area contributed by atoms with Gasteiger partial charge in [0.25, 0.3) is 5.91 Å². The van der Waals surface area contributed by atoms with Crippen LogP contribution in [-0.4, -0.2) is 17.1 Å². The van der Waals surface area contributed by atoms with Gasteiger partial charge >= 0.3 is 5.76 Å². The molecule has 7 heteroatoms. The fourth-order valence-electron chi connectivity index (χ4n) is 2.24. The van der Waals surface area contributed by atoms with Gasteiger partial charge in [-0.05, 0) is 29.8 Å². The summed E-state index contributed by atoms with van der Waals surface area (Å²) in [5, 5.41) is 2.70. The predicted octanol–water partition coefficient (Wildman–Crippen LogP) is 1.97. The number of hydrogen-bond acceptors (Lipinski definition) is 4. The topological polar surface area (TPSA) is 73.5 Å². The van der Waals surface area contributed by atoms with Gasteiger partial charge in [-0.3, -0.25) is 9.36 Å². The highest BCUT2D eigenvalue weighted by Crippen LogP contribution is 2.14. The number of halogens is 1. The first-order valence-electron chi connectivity index (χ1n) is 7.26. The van der Waals surface area contributed by atoms with Crippen molar-refractivity contribution in [3.8, 4) is 5.75 Å². The molecule has 1 aromatic heterocycles. The van der Waals surface area contributed by atoms with E-state index in [1.165, 1.54) is 22.8 Å². The summed E-state index contributed by atoms with van der Waals surface area (Å²) in [6.07, 6.45) is 0. The van der Waals surface area contributed by atoms with Crippen LogP contribution in [0.1, 0.15) is 5.56 Å². The Morgan fingerprint density at radius 3 is 2.92 bits per heavy atom. The van der Waals surface area contributed by atoms with E-state index in [1.807, 2.05) is 0 Å². The molecule has 0 radical (unpaired) electrons. The fraction of sp³-hybridized carbons (Fsp3) is 0.176. The maximum absolute atomic E-state index is 13.0. The van der Waals surface area contributed by atoms with Crippen molar-refractivity contribution in [3.63, 3.8) is 0 Å². The normalized spacial score (nSPS) is 10.8. The fourth-order valence-corrected chi connectivity index (χ4v) is 2.24. The zero-order valence-corrected chi connectivity index (χ0v) is 12.9. The Balaban J connectivity index is 1.58. The number of benzene rings is 2. The number of aryl methyl sites for hydroxylation is 1. The molecule has 0 aliphatic heterocycles. The molecular weight excluding hydrogens is 315 g/mol. The van der Waals surface area contributed by atoms with Crippen LogP contribution in [0.5, 0.6) is 5.75 Å². The molecular formula is C17H15FN2O4. The molecule has 0 bridgehead atoms. The number of aromatic nitrogens is 1. The van der Waals surface area contributed by atoms with Gasteiger partial charge in [0, 0.05) is 19.7 Å². The Labute approximate surface area is 136 Å². The van der Waals surface area contributed by atoms with Crippen molar-refractivity contribution in [2.24, 2.45) is 7.05 Å². The molecule has 1 heterocycles. The Kier molecular flexibility index (Phi) is 4.33. The average Bonchev–Trinajstić information content (AvgIpc) is 2.85. The number of amides is 1. The molecule has 0 aliphatic rings. The molecule has 3 rings (SSSR count). The molecule has 0 aliphatic carbocycles. The summed E-state index contributed by atoms with van der Waals surface area (Å²) in [6, 6.07) is 10.8. The number of carbonyl (C=O) groups is 1. The first-order chi connectivity index (χ1) is 11.5. The van der Waals surface area contributed by atoms with Gasteiger partial charge in [0.15, 0.2) is 12.2 Å². The highest BCUT2D eigenvalue weighted by molar-refractivity contribution is 5.78. The minimum atomic E-state index is -0.435. The number of nitrogens with one attached hydrogen (secondary N) is 1. The number of carbonyl (C=O) groups excluding carboxylic acids is 1. The molecule has 2 aromatic carbocycles. The van der Waals surface area contributed by atoms with Crippen LogP contribution in [0.4, 0.5) is 4.39 Å². The summed E-state index contributed by atoms with van der Waals surface area (Å²) in [5.74, 6) is -0.901. The first kappa shape index (κ1) is 15.8. The van der Waals surface area contributed by atoms with E-state index < -0.39 is 11.6 Å². The second kappa shape index (κ2) is 6.57. The lowest BCUT2D eigenvalue weighted by Crippen LogP contribution is -2.28. The summed E-state index contributed by atoms with van der Waals surface area (Å²) in [7, 11) is 1.61. The van der Waals surface area contributed by atoms with E-state index in [0.717, 1.165) is 5.56 Å².